The predicted octanol–water partition coefficient (Wildman–Crippen LogP) is 0.325. The van der Waals surface area contributed by atoms with Gasteiger partial charge in [-0.25, -0.2) is 9.59 Å². The van der Waals surface area contributed by atoms with Gasteiger partial charge in [0.15, 0.2) is 0 Å². The molecule has 0 saturated carbocycles. The van der Waals surface area contributed by atoms with Gasteiger partial charge in [-0.2, -0.15) is 14.5 Å². The fourth-order valence-corrected chi connectivity index (χ4v) is 2.58. The van der Waals surface area contributed by atoms with Gasteiger partial charge in [0.1, 0.15) is 0 Å². The number of carbonyl (C=O) groups is 3. The van der Waals surface area contributed by atoms with Crippen LogP contribution in [0.15, 0.2) is 9.98 Å². The van der Waals surface area contributed by atoms with Crippen LogP contribution >= 0.6 is 11.8 Å². The van der Waals surface area contributed by atoms with Crippen LogP contribution in [0, 0.1) is 5.41 Å². The van der Waals surface area contributed by atoms with Gasteiger partial charge < -0.3 is 5.32 Å². The third kappa shape index (κ3) is 3.49. The van der Waals surface area contributed by atoms with Gasteiger partial charge in [0, 0.05) is 17.7 Å². The number of imide groups is 1. The molecule has 0 saturated heterocycles. The summed E-state index contributed by atoms with van der Waals surface area (Å²) in [6.07, 6.45) is 0. The highest BCUT2D eigenvalue weighted by Gasteiger charge is 2.44. The van der Waals surface area contributed by atoms with Crippen LogP contribution in [-0.2, 0) is 9.59 Å². The Labute approximate surface area is 138 Å². The van der Waals surface area contributed by atoms with Crippen molar-refractivity contribution in [1.82, 2.24) is 10.2 Å². The monoisotopic (exact) mass is 338 g/mol. The zero-order chi connectivity index (χ0) is 17.4. The number of carbonyl (C=O) groups excluding carboxylic acids is 3. The molecule has 1 N–H and O–H groups in total. The number of aliphatic imine (C=N–C) groups is 2. The van der Waals surface area contributed by atoms with Gasteiger partial charge in [0.25, 0.3) is 5.17 Å². The minimum absolute atomic E-state index is 0.0250. The first-order chi connectivity index (χ1) is 10.6. The summed E-state index contributed by atoms with van der Waals surface area (Å²) in [7, 11) is 2.96. The van der Waals surface area contributed by atoms with Gasteiger partial charge in [0.2, 0.25) is 11.6 Å². The van der Waals surface area contributed by atoms with Crippen LogP contribution in [-0.4, -0.2) is 70.4 Å². The molecule has 0 bridgehead atoms. The fourth-order valence-electron chi connectivity index (χ4n) is 1.89. The topological polar surface area (TPSA) is 94.2 Å². The van der Waals surface area contributed by atoms with Crippen molar-refractivity contribution in [2.24, 2.45) is 15.4 Å². The zero-order valence-electron chi connectivity index (χ0n) is 13.8. The minimum Gasteiger partial charge on any atom is -0.355 e. The van der Waals surface area contributed by atoms with E-state index in [1.807, 2.05) is 20.8 Å². The Kier molecular flexibility index (Phi) is 4.69. The number of hydrogen-bond donors (Lipinski definition) is 1. The lowest BCUT2D eigenvalue weighted by atomic mass is 9.96. The van der Waals surface area contributed by atoms with E-state index >= 15 is 0 Å². The molecule has 2 aliphatic rings. The van der Waals surface area contributed by atoms with Crippen molar-refractivity contribution in [3.8, 4) is 0 Å². The maximum absolute atomic E-state index is 12.0. The molecule has 0 spiro atoms. The second-order valence-electron chi connectivity index (χ2n) is 6.24. The Hall–Kier alpha value is -2.03. The maximum atomic E-state index is 12.0. The number of fused-ring (bicyclic) bond motifs is 1. The van der Waals surface area contributed by atoms with Crippen LogP contribution in [0.1, 0.15) is 20.8 Å². The molecular formula is C14H20N5O3S+. The van der Waals surface area contributed by atoms with Crippen LogP contribution in [0.3, 0.4) is 0 Å². The van der Waals surface area contributed by atoms with Crippen LogP contribution in [0.2, 0.25) is 0 Å². The summed E-state index contributed by atoms with van der Waals surface area (Å²) in [4.78, 5) is 45.0. The summed E-state index contributed by atoms with van der Waals surface area (Å²) in [5.41, 5.74) is -0.253. The van der Waals surface area contributed by atoms with Crippen molar-refractivity contribution < 1.29 is 19.0 Å². The highest BCUT2D eigenvalue weighted by molar-refractivity contribution is 8.14. The fraction of sp³-hybridized carbons (Fsp3) is 0.571. The van der Waals surface area contributed by atoms with E-state index in [1.165, 1.54) is 23.4 Å². The molecule has 2 aliphatic heterocycles. The Balaban J connectivity index is 1.97. The zero-order valence-corrected chi connectivity index (χ0v) is 14.7. The van der Waals surface area contributed by atoms with E-state index in [-0.39, 0.29) is 17.5 Å². The highest BCUT2D eigenvalue weighted by Crippen LogP contribution is 2.16. The average Bonchev–Trinajstić information content (AvgIpc) is 2.90. The third-order valence-corrected chi connectivity index (χ3v) is 4.17. The van der Waals surface area contributed by atoms with Crippen molar-refractivity contribution in [1.29, 1.82) is 0 Å². The lowest BCUT2D eigenvalue weighted by Crippen LogP contribution is -2.51. The average molecular weight is 338 g/mol. The van der Waals surface area contributed by atoms with Crippen LogP contribution in [0.4, 0.5) is 4.79 Å². The van der Waals surface area contributed by atoms with Gasteiger partial charge in [-0.15, -0.1) is 0 Å². The van der Waals surface area contributed by atoms with Crippen molar-refractivity contribution in [3.63, 3.8) is 0 Å². The van der Waals surface area contributed by atoms with Gasteiger partial charge in [-0.3, -0.25) is 4.79 Å². The largest absolute Gasteiger partial charge is 0.446 e. The van der Waals surface area contributed by atoms with E-state index in [2.05, 4.69) is 15.3 Å². The molecule has 0 aromatic rings. The predicted molar refractivity (Wildman–Crippen MR) is 89.2 cm³/mol. The lowest BCUT2D eigenvalue weighted by Gasteiger charge is -2.17. The Morgan fingerprint density at radius 1 is 1.30 bits per heavy atom. The molecule has 0 atom stereocenters. The van der Waals surface area contributed by atoms with E-state index in [9.17, 15) is 14.4 Å². The molecule has 8 nitrogen and oxygen atoms in total. The summed E-state index contributed by atoms with van der Waals surface area (Å²) in [5, 5.41) is 3.25. The number of rotatable bonds is 3. The number of nitrogens with zero attached hydrogens (tertiary/aromatic N) is 4. The first-order valence-electron chi connectivity index (χ1n) is 7.14. The van der Waals surface area contributed by atoms with Crippen LogP contribution in [0.25, 0.3) is 0 Å². The molecule has 0 aromatic carbocycles. The van der Waals surface area contributed by atoms with Crippen molar-refractivity contribution in [3.05, 3.63) is 0 Å². The molecule has 0 aliphatic carbocycles. The number of thioether (sulfide) groups is 1. The van der Waals surface area contributed by atoms with Gasteiger partial charge in [0.05, 0.1) is 14.1 Å². The molecular weight excluding hydrogens is 318 g/mol. The van der Waals surface area contributed by atoms with Crippen molar-refractivity contribution in [2.75, 3.05) is 26.4 Å². The first kappa shape index (κ1) is 17.3. The number of amides is 4. The second kappa shape index (κ2) is 6.23. The molecule has 0 fully saturated rings. The first-order valence-corrected chi connectivity index (χ1v) is 8.13. The maximum Gasteiger partial charge on any atom is 0.446 e. The van der Waals surface area contributed by atoms with Crippen molar-refractivity contribution in [2.45, 2.75) is 20.8 Å². The van der Waals surface area contributed by atoms with E-state index in [0.29, 0.717) is 17.5 Å². The molecule has 2 rings (SSSR count). The highest BCUT2D eigenvalue weighted by atomic mass is 32.2. The molecule has 9 heteroatoms. The van der Waals surface area contributed by atoms with Gasteiger partial charge in [-0.05, 0) is 0 Å². The van der Waals surface area contributed by atoms with Crippen LogP contribution < -0.4 is 5.32 Å². The van der Waals surface area contributed by atoms with Gasteiger partial charge >= 0.3 is 17.8 Å². The van der Waals surface area contributed by atoms with Crippen molar-refractivity contribution >= 4 is 46.3 Å². The number of nitrogens with one attached hydrogen (secondary N) is 1. The van der Waals surface area contributed by atoms with E-state index in [1.54, 1.807) is 7.05 Å². The Morgan fingerprint density at radius 2 is 1.96 bits per heavy atom. The lowest BCUT2D eigenvalue weighted by molar-refractivity contribution is -0.401. The quantitative estimate of drug-likeness (QED) is 0.592. The Morgan fingerprint density at radius 3 is 2.57 bits per heavy atom. The van der Waals surface area contributed by atoms with Crippen LogP contribution in [0.5, 0.6) is 0 Å². The summed E-state index contributed by atoms with van der Waals surface area (Å²) < 4.78 is 1.30. The number of urea groups is 1. The smallest absolute Gasteiger partial charge is 0.355 e. The standard InChI is InChI=1S/C14H19N5O3S/c1-14(2,3)11(21)15-6-7-23-12-16-8-9(17-12)18(4)13(22)19(5)10(8)20/h6-7H2,1-5H3/p+1. The van der Waals surface area contributed by atoms with E-state index < -0.39 is 17.4 Å². The molecule has 124 valence electrons. The Bertz CT molecular complexity index is 672. The summed E-state index contributed by atoms with van der Waals surface area (Å²) in [5.74, 6) is 0.373. The summed E-state index contributed by atoms with van der Waals surface area (Å²) in [6.45, 7) is 6.01. The second-order valence-corrected chi connectivity index (χ2v) is 7.30. The molecule has 23 heavy (non-hydrogen) atoms. The van der Waals surface area contributed by atoms with E-state index in [0.717, 1.165) is 4.90 Å². The molecule has 4 amide bonds. The molecule has 0 unspecified atom stereocenters. The number of hydrogen-bond acceptors (Lipinski definition) is 6. The summed E-state index contributed by atoms with van der Waals surface area (Å²) >= 11 is 1.33. The molecule has 0 radical (unpaired) electrons. The molecule has 2 heterocycles. The minimum atomic E-state index is -0.455. The third-order valence-electron chi connectivity index (χ3n) is 3.32. The number of amidine groups is 2. The van der Waals surface area contributed by atoms with Gasteiger partial charge in [-0.1, -0.05) is 37.5 Å². The molecule has 0 aromatic heterocycles. The van der Waals surface area contributed by atoms with E-state index in [4.69, 9.17) is 0 Å². The SMILES string of the molecule is CN1C(=O)C2=NC(SCCNC(=O)C(C)(C)C)=NC2=[N+](C)C1=O. The normalized spacial score (nSPS) is 18.0. The summed E-state index contributed by atoms with van der Waals surface area (Å²) in [6, 6.07) is -0.434.